The number of esters is 1. The van der Waals surface area contributed by atoms with Crippen molar-refractivity contribution in [3.63, 3.8) is 0 Å². The molecule has 0 heterocycles. The normalized spacial score (nSPS) is 9.89. The minimum atomic E-state index is -1.32. The molecule has 1 aromatic carbocycles. The fraction of sp³-hybridized carbons (Fsp3) is 0.273. The summed E-state index contributed by atoms with van der Waals surface area (Å²) in [5, 5.41) is 21.3. The molecule has 0 fully saturated rings. The predicted octanol–water partition coefficient (Wildman–Crippen LogP) is 0.121. The molecule has 0 atom stereocenters. The number of aliphatic carboxylic acids is 1. The molecule has 0 N–H and O–H groups in total. The SMILES string of the molecule is CC(=O)Oc1cc(CC(=O)[O-])cc(C)c1[N+](=O)[O-]. The molecule has 0 aliphatic carbocycles. The van der Waals surface area contributed by atoms with E-state index in [9.17, 15) is 24.8 Å². The fourth-order valence-electron chi connectivity index (χ4n) is 1.55. The summed E-state index contributed by atoms with van der Waals surface area (Å²) in [4.78, 5) is 31.5. The van der Waals surface area contributed by atoms with Crippen LogP contribution in [0.5, 0.6) is 5.75 Å². The van der Waals surface area contributed by atoms with Crippen LogP contribution < -0.4 is 9.84 Å². The molecule has 0 aliphatic heterocycles. The van der Waals surface area contributed by atoms with E-state index in [2.05, 4.69) is 0 Å². The van der Waals surface area contributed by atoms with Crippen molar-refractivity contribution in [1.82, 2.24) is 0 Å². The molecule has 96 valence electrons. The molecule has 0 aliphatic rings. The minimum absolute atomic E-state index is 0.218. The van der Waals surface area contributed by atoms with Gasteiger partial charge in [0.25, 0.3) is 0 Å². The third-order valence-electron chi connectivity index (χ3n) is 2.11. The van der Waals surface area contributed by atoms with Crippen LogP contribution in [0.1, 0.15) is 18.1 Å². The second kappa shape index (κ2) is 5.26. The van der Waals surface area contributed by atoms with Gasteiger partial charge in [0.2, 0.25) is 5.75 Å². The number of carbonyl (C=O) groups is 2. The summed E-state index contributed by atoms with van der Waals surface area (Å²) in [6, 6.07) is 2.50. The van der Waals surface area contributed by atoms with E-state index >= 15 is 0 Å². The van der Waals surface area contributed by atoms with E-state index in [1.54, 1.807) is 0 Å². The highest BCUT2D eigenvalue weighted by Crippen LogP contribution is 2.32. The number of rotatable bonds is 4. The molecular weight excluding hydrogens is 242 g/mol. The van der Waals surface area contributed by atoms with Crippen molar-refractivity contribution >= 4 is 17.6 Å². The number of benzene rings is 1. The topological polar surface area (TPSA) is 110 Å². The van der Waals surface area contributed by atoms with Crippen LogP contribution in [0.4, 0.5) is 5.69 Å². The van der Waals surface area contributed by atoms with Crippen molar-refractivity contribution < 1.29 is 24.4 Å². The fourth-order valence-corrected chi connectivity index (χ4v) is 1.55. The van der Waals surface area contributed by atoms with Crippen molar-refractivity contribution in [2.75, 3.05) is 0 Å². The van der Waals surface area contributed by atoms with E-state index in [4.69, 9.17) is 4.74 Å². The first-order valence-electron chi connectivity index (χ1n) is 4.97. The van der Waals surface area contributed by atoms with Crippen LogP contribution in [0.3, 0.4) is 0 Å². The van der Waals surface area contributed by atoms with Gasteiger partial charge in [-0.05, 0) is 24.6 Å². The Morgan fingerprint density at radius 2 is 2.00 bits per heavy atom. The highest BCUT2D eigenvalue weighted by atomic mass is 16.6. The zero-order chi connectivity index (χ0) is 13.9. The van der Waals surface area contributed by atoms with Crippen molar-refractivity contribution in [1.29, 1.82) is 0 Å². The average Bonchev–Trinajstić information content (AvgIpc) is 2.12. The monoisotopic (exact) mass is 252 g/mol. The second-order valence-electron chi connectivity index (χ2n) is 3.66. The Morgan fingerprint density at radius 3 is 2.44 bits per heavy atom. The van der Waals surface area contributed by atoms with E-state index in [1.807, 2.05) is 0 Å². The molecule has 7 heteroatoms. The number of aryl methyl sites for hydroxylation is 1. The average molecular weight is 252 g/mol. The summed E-state index contributed by atoms with van der Waals surface area (Å²) in [6.07, 6.45) is -0.410. The van der Waals surface area contributed by atoms with Crippen LogP contribution in [0.25, 0.3) is 0 Å². The van der Waals surface area contributed by atoms with Crippen LogP contribution in [0.15, 0.2) is 12.1 Å². The number of nitrogens with zero attached hydrogens (tertiary/aromatic N) is 1. The van der Waals surface area contributed by atoms with Crippen LogP contribution in [-0.4, -0.2) is 16.9 Å². The summed E-state index contributed by atoms with van der Waals surface area (Å²) >= 11 is 0. The quantitative estimate of drug-likeness (QED) is 0.326. The maximum atomic E-state index is 10.9. The third kappa shape index (κ3) is 3.27. The largest absolute Gasteiger partial charge is 0.550 e. The number of nitro groups is 1. The molecule has 0 radical (unpaired) electrons. The van der Waals surface area contributed by atoms with Crippen LogP contribution in [-0.2, 0) is 16.0 Å². The number of carboxylic acid groups (broad SMARTS) is 1. The molecule has 0 spiro atoms. The van der Waals surface area contributed by atoms with Gasteiger partial charge >= 0.3 is 11.7 Å². The van der Waals surface area contributed by atoms with Gasteiger partial charge in [0.1, 0.15) is 0 Å². The van der Waals surface area contributed by atoms with E-state index in [1.165, 1.54) is 13.0 Å². The first kappa shape index (κ1) is 13.6. The van der Waals surface area contributed by atoms with Crippen LogP contribution in [0.2, 0.25) is 0 Å². The highest BCUT2D eigenvalue weighted by molar-refractivity contribution is 5.73. The Bertz CT molecular complexity index is 523. The first-order chi connectivity index (χ1) is 8.31. The molecule has 0 unspecified atom stereocenters. The van der Waals surface area contributed by atoms with Gasteiger partial charge in [0.15, 0.2) is 0 Å². The number of nitro benzene ring substituents is 1. The van der Waals surface area contributed by atoms with Gasteiger partial charge < -0.3 is 14.6 Å². The Kier molecular flexibility index (Phi) is 3.98. The second-order valence-corrected chi connectivity index (χ2v) is 3.66. The summed E-state index contributed by atoms with van der Waals surface area (Å²) < 4.78 is 4.72. The Labute approximate surface area is 102 Å². The summed E-state index contributed by atoms with van der Waals surface area (Å²) in [7, 11) is 0. The van der Waals surface area contributed by atoms with Gasteiger partial charge in [-0.1, -0.05) is 0 Å². The summed E-state index contributed by atoms with van der Waals surface area (Å²) in [6.45, 7) is 2.54. The highest BCUT2D eigenvalue weighted by Gasteiger charge is 2.21. The smallest absolute Gasteiger partial charge is 0.314 e. The molecule has 0 saturated heterocycles. The summed E-state index contributed by atoms with van der Waals surface area (Å²) in [5.41, 5.74) is 0.136. The Balaban J connectivity index is 3.31. The van der Waals surface area contributed by atoms with E-state index < -0.39 is 23.3 Å². The molecule has 7 nitrogen and oxygen atoms in total. The lowest BCUT2D eigenvalue weighted by Crippen LogP contribution is -2.24. The van der Waals surface area contributed by atoms with Gasteiger partial charge in [-0.25, -0.2) is 0 Å². The molecule has 0 bridgehead atoms. The molecule has 0 saturated carbocycles. The first-order valence-corrected chi connectivity index (χ1v) is 4.97. The predicted molar refractivity (Wildman–Crippen MR) is 57.9 cm³/mol. The van der Waals surface area contributed by atoms with Gasteiger partial charge in [-0.3, -0.25) is 14.9 Å². The van der Waals surface area contributed by atoms with Gasteiger partial charge in [0, 0.05) is 24.9 Å². The third-order valence-corrected chi connectivity index (χ3v) is 2.11. The van der Waals surface area contributed by atoms with Crippen molar-refractivity contribution in [3.05, 3.63) is 33.4 Å². The van der Waals surface area contributed by atoms with Crippen molar-refractivity contribution in [2.45, 2.75) is 20.3 Å². The zero-order valence-corrected chi connectivity index (χ0v) is 9.76. The number of carboxylic acids is 1. The number of ether oxygens (including phenoxy) is 1. The van der Waals surface area contributed by atoms with Gasteiger partial charge in [-0.15, -0.1) is 0 Å². The molecule has 1 rings (SSSR count). The molecule has 18 heavy (non-hydrogen) atoms. The van der Waals surface area contributed by atoms with Gasteiger partial charge in [0.05, 0.1) is 4.92 Å². The lowest BCUT2D eigenvalue weighted by atomic mass is 10.1. The van der Waals surface area contributed by atoms with E-state index in [0.29, 0.717) is 0 Å². The molecule has 0 aromatic heterocycles. The lowest BCUT2D eigenvalue weighted by Gasteiger charge is -2.09. The van der Waals surface area contributed by atoms with E-state index in [0.717, 1.165) is 13.0 Å². The summed E-state index contributed by atoms with van der Waals surface area (Å²) in [5.74, 6) is -2.30. The zero-order valence-electron chi connectivity index (χ0n) is 9.76. The maximum Gasteiger partial charge on any atom is 0.314 e. The standard InChI is InChI=1S/C11H11NO6/c1-6-3-8(5-10(14)15)4-9(18-7(2)13)11(6)12(16)17/h3-4H,5H2,1-2H3,(H,14,15)/p-1. The van der Waals surface area contributed by atoms with Crippen LogP contribution in [0, 0.1) is 17.0 Å². The lowest BCUT2D eigenvalue weighted by molar-refractivity contribution is -0.386. The number of hydrogen-bond acceptors (Lipinski definition) is 6. The Hall–Kier alpha value is -2.44. The van der Waals surface area contributed by atoms with Gasteiger partial charge in [-0.2, -0.15) is 0 Å². The van der Waals surface area contributed by atoms with Crippen molar-refractivity contribution in [2.24, 2.45) is 0 Å². The Morgan fingerprint density at radius 1 is 1.39 bits per heavy atom. The van der Waals surface area contributed by atoms with Crippen LogP contribution >= 0.6 is 0 Å². The molecular formula is C11H10NO6-. The van der Waals surface area contributed by atoms with E-state index in [-0.39, 0.29) is 22.6 Å². The maximum absolute atomic E-state index is 10.9. The number of hydrogen-bond donors (Lipinski definition) is 0. The minimum Gasteiger partial charge on any atom is -0.550 e. The molecule has 0 amide bonds. The van der Waals surface area contributed by atoms with Crippen molar-refractivity contribution in [3.8, 4) is 5.75 Å². The molecule has 1 aromatic rings. The number of carbonyl (C=O) groups excluding carboxylic acids is 2.